The van der Waals surface area contributed by atoms with Crippen molar-refractivity contribution in [2.45, 2.75) is 17.2 Å². The summed E-state index contributed by atoms with van der Waals surface area (Å²) in [6.07, 6.45) is 0.319. The van der Waals surface area contributed by atoms with Gasteiger partial charge in [-0.1, -0.05) is 36.4 Å². The van der Waals surface area contributed by atoms with E-state index in [1.165, 1.54) is 31.3 Å². The summed E-state index contributed by atoms with van der Waals surface area (Å²) in [5, 5.41) is 4.25. The van der Waals surface area contributed by atoms with Crippen molar-refractivity contribution in [1.29, 1.82) is 0 Å². The molecule has 0 saturated carbocycles. The first-order chi connectivity index (χ1) is 14.8. The number of rotatable bonds is 9. The Balaban J connectivity index is 1.74. The van der Waals surface area contributed by atoms with Crippen LogP contribution in [0.5, 0.6) is 5.75 Å². The van der Waals surface area contributed by atoms with Crippen molar-refractivity contribution in [3.05, 3.63) is 77.2 Å². The lowest BCUT2D eigenvalue weighted by molar-refractivity contribution is -0.116. The molecule has 31 heavy (non-hydrogen) atoms. The largest absolute Gasteiger partial charge is 0.435 e. The summed E-state index contributed by atoms with van der Waals surface area (Å²) in [6, 6.07) is 16.6. The molecule has 0 bridgehead atoms. The van der Waals surface area contributed by atoms with Gasteiger partial charge in [-0.05, 0) is 35.2 Å². The lowest BCUT2D eigenvalue weighted by atomic mass is 10.0. The second kappa shape index (κ2) is 9.99. The number of nitrogens with one attached hydrogen (secondary N) is 1. The molecule has 0 aliphatic rings. The van der Waals surface area contributed by atoms with Gasteiger partial charge in [0.25, 0.3) is 10.0 Å². The second-order valence-corrected chi connectivity index (χ2v) is 9.82. The number of sulfonamides is 1. The molecule has 2 aromatic carbocycles. The van der Waals surface area contributed by atoms with Crippen molar-refractivity contribution in [3.63, 3.8) is 0 Å². The quantitative estimate of drug-likeness (QED) is 0.513. The van der Waals surface area contributed by atoms with Gasteiger partial charge >= 0.3 is 6.61 Å². The van der Waals surface area contributed by atoms with Crippen molar-refractivity contribution >= 4 is 33.0 Å². The Morgan fingerprint density at radius 1 is 1.13 bits per heavy atom. The molecule has 164 valence electrons. The van der Waals surface area contributed by atoms with Crippen LogP contribution in [0, 0.1) is 0 Å². The van der Waals surface area contributed by atoms with E-state index in [0.717, 1.165) is 21.2 Å². The second-order valence-electron chi connectivity index (χ2n) is 6.60. The fourth-order valence-corrected chi connectivity index (χ4v) is 5.20. The smallest absolute Gasteiger partial charge is 0.387 e. The zero-order valence-electron chi connectivity index (χ0n) is 16.5. The van der Waals surface area contributed by atoms with Crippen molar-refractivity contribution in [3.8, 4) is 5.75 Å². The molecular formula is C21H20F2N2O4S2. The predicted octanol–water partition coefficient (Wildman–Crippen LogP) is 4.20. The molecule has 1 aromatic heterocycles. The Bertz CT molecular complexity index is 1120. The number of hydrogen-bond donors (Lipinski definition) is 1. The number of nitrogens with zero attached hydrogens (tertiary/aromatic N) is 1. The third-order valence-corrected chi connectivity index (χ3v) is 7.50. The maximum Gasteiger partial charge on any atom is 0.387 e. The number of ether oxygens (including phenoxy) is 1. The van der Waals surface area contributed by atoms with E-state index in [-0.39, 0.29) is 9.96 Å². The van der Waals surface area contributed by atoms with Crippen LogP contribution >= 0.6 is 11.3 Å². The number of carbonyl (C=O) groups excluding carboxylic acids is 1. The number of carbonyl (C=O) groups is 1. The van der Waals surface area contributed by atoms with Crippen LogP contribution in [0.1, 0.15) is 11.1 Å². The summed E-state index contributed by atoms with van der Waals surface area (Å²) < 4.78 is 56.1. The molecule has 10 heteroatoms. The highest BCUT2D eigenvalue weighted by Crippen LogP contribution is 2.27. The minimum absolute atomic E-state index is 0.00856. The van der Waals surface area contributed by atoms with E-state index in [9.17, 15) is 22.0 Å². The molecular weight excluding hydrogens is 446 g/mol. The van der Waals surface area contributed by atoms with Crippen LogP contribution in [0.4, 0.5) is 14.5 Å². The summed E-state index contributed by atoms with van der Waals surface area (Å²) in [5.41, 5.74) is 1.69. The van der Waals surface area contributed by atoms with Gasteiger partial charge in [-0.3, -0.25) is 4.79 Å². The maximum atomic E-state index is 12.8. The lowest BCUT2D eigenvalue weighted by Crippen LogP contribution is -2.34. The minimum Gasteiger partial charge on any atom is -0.435 e. The van der Waals surface area contributed by atoms with Crippen LogP contribution in [-0.2, 0) is 21.2 Å². The third kappa shape index (κ3) is 6.09. The van der Waals surface area contributed by atoms with Gasteiger partial charge in [0.1, 0.15) is 9.96 Å². The van der Waals surface area contributed by atoms with E-state index >= 15 is 0 Å². The molecule has 1 heterocycles. The van der Waals surface area contributed by atoms with Crippen molar-refractivity contribution in [2.24, 2.45) is 0 Å². The molecule has 1 amide bonds. The summed E-state index contributed by atoms with van der Waals surface area (Å²) in [4.78, 5) is 12.4. The number of hydrogen-bond acceptors (Lipinski definition) is 5. The molecule has 3 rings (SSSR count). The molecule has 0 spiro atoms. The SMILES string of the molecule is CN(CC(=O)Nc1ccc(OC(F)F)c(Cc2ccccc2)c1)S(=O)(=O)c1cccs1. The van der Waals surface area contributed by atoms with Crippen molar-refractivity contribution < 1.29 is 26.7 Å². The average molecular weight is 467 g/mol. The fraction of sp³-hybridized carbons (Fsp3) is 0.190. The Morgan fingerprint density at radius 2 is 1.87 bits per heavy atom. The van der Waals surface area contributed by atoms with E-state index in [2.05, 4.69) is 10.1 Å². The summed E-state index contributed by atoms with van der Waals surface area (Å²) in [6.45, 7) is -3.38. The molecule has 0 saturated heterocycles. The van der Waals surface area contributed by atoms with Crippen LogP contribution in [-0.4, -0.2) is 38.8 Å². The molecule has 0 radical (unpaired) electrons. The van der Waals surface area contributed by atoms with Gasteiger partial charge in [0.15, 0.2) is 0 Å². The highest BCUT2D eigenvalue weighted by molar-refractivity contribution is 7.91. The van der Waals surface area contributed by atoms with Gasteiger partial charge in [-0.2, -0.15) is 13.1 Å². The number of thiophene rings is 1. The van der Waals surface area contributed by atoms with Gasteiger partial charge in [-0.15, -0.1) is 11.3 Å². The van der Waals surface area contributed by atoms with Crippen LogP contribution in [0.15, 0.2) is 70.3 Å². The average Bonchev–Trinajstić information content (AvgIpc) is 3.26. The number of benzene rings is 2. The van der Waals surface area contributed by atoms with E-state index in [1.54, 1.807) is 11.4 Å². The number of amides is 1. The minimum atomic E-state index is -3.76. The van der Waals surface area contributed by atoms with Gasteiger partial charge in [0, 0.05) is 24.7 Å². The fourth-order valence-electron chi connectivity index (χ4n) is 2.87. The van der Waals surface area contributed by atoms with E-state index in [0.29, 0.717) is 17.7 Å². The lowest BCUT2D eigenvalue weighted by Gasteiger charge is -2.17. The van der Waals surface area contributed by atoms with E-state index in [1.807, 2.05) is 30.3 Å². The predicted molar refractivity (Wildman–Crippen MR) is 115 cm³/mol. The van der Waals surface area contributed by atoms with E-state index in [4.69, 9.17) is 0 Å². The Morgan fingerprint density at radius 3 is 2.52 bits per heavy atom. The zero-order valence-corrected chi connectivity index (χ0v) is 18.1. The monoisotopic (exact) mass is 466 g/mol. The number of likely N-dealkylation sites (N-methyl/N-ethyl adjacent to an activating group) is 1. The van der Waals surface area contributed by atoms with Crippen LogP contribution in [0.2, 0.25) is 0 Å². The first kappa shape index (κ1) is 22.9. The molecule has 0 atom stereocenters. The van der Waals surface area contributed by atoms with Gasteiger partial charge in [0.2, 0.25) is 5.91 Å². The molecule has 3 aromatic rings. The summed E-state index contributed by atoms with van der Waals surface area (Å²) in [7, 11) is -2.45. The maximum absolute atomic E-state index is 12.8. The molecule has 1 N–H and O–H groups in total. The van der Waals surface area contributed by atoms with Crippen LogP contribution in [0.25, 0.3) is 0 Å². The van der Waals surface area contributed by atoms with Crippen molar-refractivity contribution in [1.82, 2.24) is 4.31 Å². The number of anilines is 1. The first-order valence-corrected chi connectivity index (χ1v) is 11.5. The van der Waals surface area contributed by atoms with Crippen LogP contribution in [0.3, 0.4) is 0 Å². The molecule has 0 fully saturated rings. The van der Waals surface area contributed by atoms with Crippen LogP contribution < -0.4 is 10.1 Å². The first-order valence-electron chi connectivity index (χ1n) is 9.17. The standard InChI is InChI=1S/C21H20F2N2O4S2/c1-25(31(27,28)20-8-5-11-30-20)14-19(26)24-17-9-10-18(29-21(22)23)16(13-17)12-15-6-3-2-4-7-15/h2-11,13,21H,12,14H2,1H3,(H,24,26). The number of halogens is 2. The Labute approximate surface area is 183 Å². The Hall–Kier alpha value is -2.82. The van der Waals surface area contributed by atoms with Crippen molar-refractivity contribution in [2.75, 3.05) is 18.9 Å². The molecule has 6 nitrogen and oxygen atoms in total. The van der Waals surface area contributed by atoms with Gasteiger partial charge < -0.3 is 10.1 Å². The summed E-state index contributed by atoms with van der Waals surface area (Å²) in [5.74, 6) is -0.551. The molecule has 0 aliphatic heterocycles. The molecule has 0 aliphatic carbocycles. The highest BCUT2D eigenvalue weighted by Gasteiger charge is 2.24. The number of alkyl halides is 2. The normalized spacial score (nSPS) is 11.6. The highest BCUT2D eigenvalue weighted by atomic mass is 32.2. The zero-order chi connectivity index (χ0) is 22.4. The van der Waals surface area contributed by atoms with Gasteiger partial charge in [0.05, 0.1) is 6.54 Å². The Kier molecular flexibility index (Phi) is 7.37. The van der Waals surface area contributed by atoms with E-state index < -0.39 is 29.1 Å². The third-order valence-electron chi connectivity index (χ3n) is 4.32. The summed E-state index contributed by atoms with van der Waals surface area (Å²) >= 11 is 1.06. The molecule has 0 unspecified atom stereocenters. The van der Waals surface area contributed by atoms with Gasteiger partial charge in [-0.25, -0.2) is 8.42 Å². The topological polar surface area (TPSA) is 75.7 Å².